The van der Waals surface area contributed by atoms with Crippen LogP contribution in [-0.2, 0) is 9.59 Å². The minimum atomic E-state index is -0.620. The average Bonchev–Trinajstić information content (AvgIpc) is 2.94. The normalized spacial score (nSPS) is 13.6. The van der Waals surface area contributed by atoms with E-state index in [-0.39, 0.29) is 16.4 Å². The van der Waals surface area contributed by atoms with E-state index in [2.05, 4.69) is 0 Å². The molecule has 1 saturated heterocycles. The van der Waals surface area contributed by atoms with E-state index in [1.165, 1.54) is 33.7 Å². The Morgan fingerprint density at radius 2 is 1.33 bits per heavy atom. The predicted molar refractivity (Wildman–Crippen MR) is 157 cm³/mol. The highest BCUT2D eigenvalue weighted by Gasteiger charge is 2.41. The molecule has 0 aromatic heterocycles. The van der Waals surface area contributed by atoms with E-state index in [0.29, 0.717) is 26.9 Å². The van der Waals surface area contributed by atoms with Crippen LogP contribution in [0.5, 0.6) is 0 Å². The van der Waals surface area contributed by atoms with Gasteiger partial charge in [-0.05, 0) is 78.5 Å². The quantitative estimate of drug-likeness (QED) is 0.0803. The third-order valence-corrected chi connectivity index (χ3v) is 7.50. The maximum Gasteiger partial charge on any atom is 0.283 e. The molecule has 5 rings (SSSR count). The van der Waals surface area contributed by atoms with E-state index in [9.17, 15) is 19.7 Å². The van der Waals surface area contributed by atoms with Crippen molar-refractivity contribution in [2.45, 2.75) is 9.79 Å². The van der Waals surface area contributed by atoms with Gasteiger partial charge >= 0.3 is 0 Å². The Morgan fingerprint density at radius 3 is 1.85 bits per heavy atom. The molecule has 4 aromatic carbocycles. The number of benzene rings is 4. The third-order valence-electron chi connectivity index (χ3n) is 5.81. The second-order valence-electron chi connectivity index (χ2n) is 8.33. The number of thiocarbonyl (C=S) groups is 1. The van der Waals surface area contributed by atoms with Crippen LogP contribution in [0.1, 0.15) is 5.56 Å². The molecule has 10 heteroatoms. The van der Waals surface area contributed by atoms with Crippen molar-refractivity contribution in [1.82, 2.24) is 0 Å². The lowest BCUT2D eigenvalue weighted by atomic mass is 10.0. The summed E-state index contributed by atoms with van der Waals surface area (Å²) in [4.78, 5) is 42.5. The molecule has 39 heavy (non-hydrogen) atoms. The highest BCUT2D eigenvalue weighted by atomic mass is 35.5. The fraction of sp³-hybridized carbons (Fsp3) is 0. The van der Waals surface area contributed by atoms with Crippen molar-refractivity contribution >= 4 is 75.6 Å². The minimum absolute atomic E-state index is 0.0141. The van der Waals surface area contributed by atoms with Gasteiger partial charge in [0.1, 0.15) is 5.57 Å². The molecule has 0 bridgehead atoms. The number of hydrogen-bond acceptors (Lipinski definition) is 6. The number of halogens is 1. The summed E-state index contributed by atoms with van der Waals surface area (Å²) >= 11 is 12.8. The van der Waals surface area contributed by atoms with Crippen LogP contribution < -0.4 is 9.80 Å². The number of rotatable bonds is 6. The molecule has 1 aliphatic rings. The van der Waals surface area contributed by atoms with Crippen LogP contribution in [0.25, 0.3) is 6.08 Å². The number of nitrogens with zero attached hydrogens (tertiary/aromatic N) is 3. The Labute approximate surface area is 238 Å². The highest BCUT2D eigenvalue weighted by Crippen LogP contribution is 2.37. The molecule has 1 fully saturated rings. The minimum Gasteiger partial charge on any atom is -0.268 e. The molecule has 0 radical (unpaired) electrons. The molecule has 4 aromatic rings. The van der Waals surface area contributed by atoms with Crippen molar-refractivity contribution in [3.05, 3.63) is 129 Å². The summed E-state index contributed by atoms with van der Waals surface area (Å²) in [5.74, 6) is -1.24. The van der Waals surface area contributed by atoms with Gasteiger partial charge in [-0.25, -0.2) is 0 Å². The summed E-state index contributed by atoms with van der Waals surface area (Å²) < 4.78 is 0. The van der Waals surface area contributed by atoms with Crippen LogP contribution in [0.2, 0.25) is 5.02 Å². The first-order valence-corrected chi connectivity index (χ1v) is 13.2. The van der Waals surface area contributed by atoms with Crippen molar-refractivity contribution in [3.63, 3.8) is 0 Å². The van der Waals surface area contributed by atoms with Gasteiger partial charge in [-0.3, -0.25) is 29.5 Å². The van der Waals surface area contributed by atoms with Gasteiger partial charge in [0.05, 0.1) is 21.2 Å². The fourth-order valence-electron chi connectivity index (χ4n) is 3.99. The topological polar surface area (TPSA) is 83.8 Å². The van der Waals surface area contributed by atoms with E-state index < -0.39 is 16.7 Å². The number of hydrogen-bond donors (Lipinski definition) is 0. The SMILES string of the molecule is O=C1C(=Cc2ccc(Sc3ccc(Cl)cc3)c([N+](=O)[O-])c2)C(=O)N(c2ccccc2)C(=S)N1c1ccccc1. The Hall–Kier alpha value is -4.31. The second-order valence-corrected chi connectivity index (χ2v) is 10.3. The zero-order valence-electron chi connectivity index (χ0n) is 20.1. The molecule has 0 aliphatic carbocycles. The molecule has 1 aliphatic heterocycles. The maximum absolute atomic E-state index is 13.7. The lowest BCUT2D eigenvalue weighted by Crippen LogP contribution is -2.56. The number of nitro benzene ring substituents is 1. The summed E-state index contributed by atoms with van der Waals surface area (Å²) in [6.07, 6.45) is 1.36. The first kappa shape index (κ1) is 26.3. The number of para-hydroxylation sites is 2. The van der Waals surface area contributed by atoms with Crippen molar-refractivity contribution in [3.8, 4) is 0 Å². The molecule has 0 N–H and O–H groups in total. The van der Waals surface area contributed by atoms with E-state index in [0.717, 1.165) is 4.90 Å². The van der Waals surface area contributed by atoms with Crippen molar-refractivity contribution in [2.24, 2.45) is 0 Å². The van der Waals surface area contributed by atoms with Crippen molar-refractivity contribution < 1.29 is 14.5 Å². The second kappa shape index (κ2) is 11.2. The molecule has 0 unspecified atom stereocenters. The lowest BCUT2D eigenvalue weighted by molar-refractivity contribution is -0.387. The van der Waals surface area contributed by atoms with Crippen LogP contribution >= 0.6 is 35.6 Å². The van der Waals surface area contributed by atoms with Crippen molar-refractivity contribution in [2.75, 3.05) is 9.80 Å². The van der Waals surface area contributed by atoms with Crippen molar-refractivity contribution in [1.29, 1.82) is 0 Å². The molecule has 1 heterocycles. The molecule has 0 saturated carbocycles. The van der Waals surface area contributed by atoms with Gasteiger partial charge in [0.15, 0.2) is 5.11 Å². The third kappa shape index (κ3) is 5.46. The van der Waals surface area contributed by atoms with Gasteiger partial charge in [0.2, 0.25) is 0 Å². The van der Waals surface area contributed by atoms with E-state index in [4.69, 9.17) is 23.8 Å². The first-order valence-electron chi connectivity index (χ1n) is 11.6. The smallest absolute Gasteiger partial charge is 0.268 e. The molecule has 2 amide bonds. The van der Waals surface area contributed by atoms with Gasteiger partial charge in [0, 0.05) is 16.0 Å². The molecule has 7 nitrogen and oxygen atoms in total. The maximum atomic E-state index is 13.7. The van der Waals surface area contributed by atoms with E-state index in [1.807, 2.05) is 0 Å². The van der Waals surface area contributed by atoms with Gasteiger partial charge in [0.25, 0.3) is 17.5 Å². The van der Waals surface area contributed by atoms with Gasteiger partial charge < -0.3 is 0 Å². The van der Waals surface area contributed by atoms with Gasteiger partial charge in [-0.1, -0.05) is 65.8 Å². The standard InChI is InChI=1S/C29H18ClN3O4S2/c30-20-12-14-23(15-13-20)39-26-16-11-19(18-25(26)33(36)37)17-24-27(34)31(21-7-3-1-4-8-21)29(38)32(28(24)35)22-9-5-2-6-10-22/h1-18H. The van der Waals surface area contributed by atoms with E-state index in [1.54, 1.807) is 97.1 Å². The Balaban J connectivity index is 1.58. The molecule has 0 spiro atoms. The summed E-state index contributed by atoms with van der Waals surface area (Å²) in [6, 6.07) is 29.0. The number of anilines is 2. The number of carbonyl (C=O) groups excluding carboxylic acids is 2. The van der Waals surface area contributed by atoms with Crippen LogP contribution in [0.4, 0.5) is 17.1 Å². The van der Waals surface area contributed by atoms with Crippen LogP contribution in [-0.4, -0.2) is 21.9 Å². The summed E-state index contributed by atoms with van der Waals surface area (Å²) in [5, 5.41) is 12.5. The largest absolute Gasteiger partial charge is 0.283 e. The van der Waals surface area contributed by atoms with Gasteiger partial charge in [-0.15, -0.1) is 0 Å². The number of amides is 2. The average molecular weight is 572 g/mol. The molecule has 192 valence electrons. The molecule has 0 atom stereocenters. The Kier molecular flexibility index (Phi) is 7.56. The number of nitro groups is 1. The summed E-state index contributed by atoms with van der Waals surface area (Å²) in [5.41, 5.74) is 0.979. The fourth-order valence-corrected chi connectivity index (χ4v) is 5.39. The summed E-state index contributed by atoms with van der Waals surface area (Å²) in [7, 11) is 0. The Bertz CT molecular complexity index is 1560. The Morgan fingerprint density at radius 1 is 0.795 bits per heavy atom. The monoisotopic (exact) mass is 571 g/mol. The summed E-state index contributed by atoms with van der Waals surface area (Å²) in [6.45, 7) is 0. The lowest BCUT2D eigenvalue weighted by Gasteiger charge is -2.36. The number of carbonyl (C=O) groups is 2. The van der Waals surface area contributed by atoms with E-state index >= 15 is 0 Å². The molecular weight excluding hydrogens is 554 g/mol. The zero-order chi connectivity index (χ0) is 27.5. The van der Waals surface area contributed by atoms with Crippen LogP contribution in [0.15, 0.2) is 118 Å². The van der Waals surface area contributed by atoms with Crippen LogP contribution in [0, 0.1) is 10.1 Å². The highest BCUT2D eigenvalue weighted by molar-refractivity contribution is 7.99. The van der Waals surface area contributed by atoms with Gasteiger partial charge in [-0.2, -0.15) is 0 Å². The zero-order valence-corrected chi connectivity index (χ0v) is 22.5. The van der Waals surface area contributed by atoms with Crippen LogP contribution in [0.3, 0.4) is 0 Å². The first-order chi connectivity index (χ1) is 18.8. The molecular formula is C29H18ClN3O4S2. The predicted octanol–water partition coefficient (Wildman–Crippen LogP) is 7.15.